The highest BCUT2D eigenvalue weighted by atomic mass is 79.9. The second kappa shape index (κ2) is 7.81. The van der Waals surface area contributed by atoms with Gasteiger partial charge in [0.05, 0.1) is 21.5 Å². The van der Waals surface area contributed by atoms with Crippen molar-refractivity contribution >= 4 is 44.7 Å². The van der Waals surface area contributed by atoms with Crippen molar-refractivity contribution in [3.63, 3.8) is 0 Å². The monoisotopic (exact) mass is 447 g/mol. The molecule has 0 radical (unpaired) electrons. The van der Waals surface area contributed by atoms with Gasteiger partial charge in [0, 0.05) is 16.6 Å². The Balaban J connectivity index is 1.89. The van der Waals surface area contributed by atoms with Gasteiger partial charge in [0.2, 0.25) is 0 Å². The van der Waals surface area contributed by atoms with Crippen LogP contribution in [0.4, 0.5) is 5.69 Å². The fourth-order valence-electron chi connectivity index (χ4n) is 2.98. The van der Waals surface area contributed by atoms with Crippen LogP contribution < -0.4 is 5.56 Å². The molecule has 142 valence electrons. The molecule has 7 heteroatoms. The molecule has 0 aliphatic rings. The summed E-state index contributed by atoms with van der Waals surface area (Å²) in [6.45, 7) is 0. The van der Waals surface area contributed by atoms with Crippen molar-refractivity contribution in [1.82, 2.24) is 9.55 Å². The number of halogens is 1. The molecule has 0 saturated heterocycles. The van der Waals surface area contributed by atoms with Crippen molar-refractivity contribution in [2.75, 3.05) is 0 Å². The molecule has 0 amide bonds. The van der Waals surface area contributed by atoms with Crippen LogP contribution in [0, 0.1) is 10.1 Å². The molecule has 0 spiro atoms. The van der Waals surface area contributed by atoms with E-state index in [0.717, 1.165) is 10.0 Å². The van der Waals surface area contributed by atoms with Crippen molar-refractivity contribution < 1.29 is 4.92 Å². The Hall–Kier alpha value is -3.58. The van der Waals surface area contributed by atoms with Gasteiger partial charge in [-0.25, -0.2) is 4.98 Å². The highest BCUT2D eigenvalue weighted by molar-refractivity contribution is 9.10. The van der Waals surface area contributed by atoms with Crippen molar-refractivity contribution in [1.29, 1.82) is 0 Å². The summed E-state index contributed by atoms with van der Waals surface area (Å²) >= 11 is 3.41. The van der Waals surface area contributed by atoms with Crippen LogP contribution in [0.3, 0.4) is 0 Å². The summed E-state index contributed by atoms with van der Waals surface area (Å²) in [5.41, 5.74) is 1.77. The number of para-hydroxylation sites is 1. The number of rotatable bonds is 4. The van der Waals surface area contributed by atoms with Crippen LogP contribution in [-0.2, 0) is 0 Å². The molecule has 29 heavy (non-hydrogen) atoms. The minimum atomic E-state index is -0.473. The van der Waals surface area contributed by atoms with Gasteiger partial charge >= 0.3 is 0 Å². The van der Waals surface area contributed by atoms with E-state index in [1.807, 2.05) is 36.4 Å². The summed E-state index contributed by atoms with van der Waals surface area (Å²) in [5.74, 6) is 0.436. The Morgan fingerprint density at radius 1 is 0.931 bits per heavy atom. The van der Waals surface area contributed by atoms with E-state index in [2.05, 4.69) is 20.9 Å². The van der Waals surface area contributed by atoms with Gasteiger partial charge in [-0.1, -0.05) is 46.3 Å². The van der Waals surface area contributed by atoms with Gasteiger partial charge in [-0.05, 0) is 48.0 Å². The minimum Gasteiger partial charge on any atom is -0.268 e. The molecule has 0 atom stereocenters. The van der Waals surface area contributed by atoms with Gasteiger partial charge in [-0.3, -0.25) is 19.5 Å². The Morgan fingerprint density at radius 3 is 2.31 bits per heavy atom. The molecule has 0 fully saturated rings. The average molecular weight is 448 g/mol. The van der Waals surface area contributed by atoms with E-state index in [1.54, 1.807) is 36.4 Å². The van der Waals surface area contributed by atoms with Crippen LogP contribution in [0.1, 0.15) is 11.4 Å². The summed E-state index contributed by atoms with van der Waals surface area (Å²) in [4.78, 5) is 28.3. The molecular formula is C22H14BrN3O3. The van der Waals surface area contributed by atoms with Crippen LogP contribution in [0.15, 0.2) is 82.1 Å². The first-order valence-electron chi connectivity index (χ1n) is 8.73. The van der Waals surface area contributed by atoms with Gasteiger partial charge in [-0.15, -0.1) is 0 Å². The second-order valence-corrected chi connectivity index (χ2v) is 7.20. The Morgan fingerprint density at radius 2 is 1.62 bits per heavy atom. The lowest BCUT2D eigenvalue weighted by Gasteiger charge is -2.11. The van der Waals surface area contributed by atoms with Gasteiger partial charge < -0.3 is 0 Å². The molecular weight excluding hydrogens is 434 g/mol. The van der Waals surface area contributed by atoms with E-state index in [9.17, 15) is 14.9 Å². The normalized spacial score (nSPS) is 11.2. The number of nitro groups is 1. The van der Waals surface area contributed by atoms with E-state index in [-0.39, 0.29) is 11.2 Å². The number of non-ortho nitro benzene ring substituents is 1. The van der Waals surface area contributed by atoms with Crippen LogP contribution in [0.5, 0.6) is 0 Å². The molecule has 3 aromatic carbocycles. The van der Waals surface area contributed by atoms with Crippen LogP contribution >= 0.6 is 15.9 Å². The first kappa shape index (κ1) is 18.8. The van der Waals surface area contributed by atoms with Crippen molar-refractivity contribution in [2.45, 2.75) is 0 Å². The maximum Gasteiger partial charge on any atom is 0.269 e. The molecule has 0 aliphatic heterocycles. The zero-order valence-corrected chi connectivity index (χ0v) is 16.6. The maximum absolute atomic E-state index is 13.2. The number of fused-ring (bicyclic) bond motifs is 1. The Bertz CT molecular complexity index is 1290. The third-order valence-corrected chi connectivity index (χ3v) is 4.94. The van der Waals surface area contributed by atoms with Gasteiger partial charge in [-0.2, -0.15) is 0 Å². The summed E-state index contributed by atoms with van der Waals surface area (Å²) in [6.07, 6.45) is 3.63. The number of aromatic nitrogens is 2. The molecule has 0 N–H and O–H groups in total. The first-order valence-corrected chi connectivity index (χ1v) is 9.52. The number of nitro benzene ring substituents is 1. The predicted molar refractivity (Wildman–Crippen MR) is 117 cm³/mol. The van der Waals surface area contributed by atoms with Crippen molar-refractivity contribution in [3.05, 3.63) is 109 Å². The van der Waals surface area contributed by atoms with Crippen LogP contribution in [-0.4, -0.2) is 14.5 Å². The third kappa shape index (κ3) is 3.86. The second-order valence-electron chi connectivity index (χ2n) is 6.29. The van der Waals surface area contributed by atoms with Crippen molar-refractivity contribution in [2.24, 2.45) is 0 Å². The first-order chi connectivity index (χ1) is 14.0. The number of benzene rings is 3. The SMILES string of the molecule is O=c1c2ccccc2nc(/C=C\c2ccc(Br)cc2)n1-c1ccc([N+](=O)[O-])cc1. The van der Waals surface area contributed by atoms with E-state index in [4.69, 9.17) is 0 Å². The van der Waals surface area contributed by atoms with Crippen molar-refractivity contribution in [3.8, 4) is 5.69 Å². The summed E-state index contributed by atoms with van der Waals surface area (Å²) in [5, 5.41) is 11.4. The summed E-state index contributed by atoms with van der Waals surface area (Å²) in [7, 11) is 0. The van der Waals surface area contributed by atoms with Gasteiger partial charge in [0.25, 0.3) is 11.2 Å². The fourth-order valence-corrected chi connectivity index (χ4v) is 3.24. The molecule has 1 heterocycles. The summed E-state index contributed by atoms with van der Waals surface area (Å²) < 4.78 is 2.43. The Labute approximate surface area is 174 Å². The Kier molecular flexibility index (Phi) is 5.05. The number of hydrogen-bond acceptors (Lipinski definition) is 4. The number of hydrogen-bond donors (Lipinski definition) is 0. The molecule has 0 aliphatic carbocycles. The minimum absolute atomic E-state index is 0.0394. The standard InChI is InChI=1S/C22H14BrN3O3/c23-16-8-5-15(6-9-16)7-14-21-24-20-4-2-1-3-19(20)22(27)25(21)17-10-12-18(13-11-17)26(28)29/h1-14H/b14-7-. The average Bonchev–Trinajstić information content (AvgIpc) is 2.73. The lowest BCUT2D eigenvalue weighted by Crippen LogP contribution is -2.22. The fraction of sp³-hybridized carbons (Fsp3) is 0. The van der Waals surface area contributed by atoms with Crippen LogP contribution in [0.25, 0.3) is 28.7 Å². The quantitative estimate of drug-likeness (QED) is 0.317. The lowest BCUT2D eigenvalue weighted by molar-refractivity contribution is -0.384. The number of nitrogens with zero attached hydrogens (tertiary/aromatic N) is 3. The summed E-state index contributed by atoms with van der Waals surface area (Å²) in [6, 6.07) is 20.7. The van der Waals surface area contributed by atoms with E-state index >= 15 is 0 Å². The molecule has 4 rings (SSSR count). The topological polar surface area (TPSA) is 78.0 Å². The molecule has 4 aromatic rings. The third-order valence-electron chi connectivity index (χ3n) is 4.42. The zero-order chi connectivity index (χ0) is 20.4. The van der Waals surface area contributed by atoms with E-state index < -0.39 is 4.92 Å². The molecule has 0 unspecified atom stereocenters. The molecule has 6 nitrogen and oxygen atoms in total. The van der Waals surface area contributed by atoms with E-state index in [0.29, 0.717) is 22.4 Å². The highest BCUT2D eigenvalue weighted by Gasteiger charge is 2.12. The lowest BCUT2D eigenvalue weighted by atomic mass is 10.2. The van der Waals surface area contributed by atoms with Gasteiger partial charge in [0.1, 0.15) is 5.82 Å². The van der Waals surface area contributed by atoms with Gasteiger partial charge in [0.15, 0.2) is 0 Å². The zero-order valence-electron chi connectivity index (χ0n) is 15.0. The van der Waals surface area contributed by atoms with E-state index in [1.165, 1.54) is 16.7 Å². The maximum atomic E-state index is 13.2. The predicted octanol–water partition coefficient (Wildman–Crippen LogP) is 5.23. The highest BCUT2D eigenvalue weighted by Crippen LogP contribution is 2.19. The van der Waals surface area contributed by atoms with Crippen LogP contribution in [0.2, 0.25) is 0 Å². The largest absolute Gasteiger partial charge is 0.269 e. The molecule has 0 bridgehead atoms. The molecule has 0 saturated carbocycles. The molecule has 1 aromatic heterocycles. The smallest absolute Gasteiger partial charge is 0.268 e.